The van der Waals surface area contributed by atoms with E-state index in [0.29, 0.717) is 24.9 Å². The molecule has 0 aromatic heterocycles. The van der Waals surface area contributed by atoms with Gasteiger partial charge in [-0.3, -0.25) is 4.79 Å². The Bertz CT molecular complexity index is 477. The van der Waals surface area contributed by atoms with E-state index in [1.54, 1.807) is 0 Å². The van der Waals surface area contributed by atoms with Crippen molar-refractivity contribution in [3.8, 4) is 0 Å². The van der Waals surface area contributed by atoms with Crippen LogP contribution in [-0.4, -0.2) is 31.6 Å². The van der Waals surface area contributed by atoms with Crippen molar-refractivity contribution in [3.63, 3.8) is 0 Å². The maximum Gasteiger partial charge on any atom is 0.221 e. The van der Waals surface area contributed by atoms with Gasteiger partial charge in [-0.1, -0.05) is 30.3 Å². The lowest BCUT2D eigenvalue weighted by molar-refractivity contribution is -0.122. The molecule has 0 bridgehead atoms. The Balaban J connectivity index is 0.00000192. The number of benzene rings is 1. The summed E-state index contributed by atoms with van der Waals surface area (Å²) in [6.45, 7) is 2.58. The zero-order chi connectivity index (χ0) is 15.2. The summed E-state index contributed by atoms with van der Waals surface area (Å²) in [7, 11) is 0. The summed E-state index contributed by atoms with van der Waals surface area (Å²) in [6, 6.07) is 10.7. The van der Waals surface area contributed by atoms with Crippen molar-refractivity contribution in [2.24, 2.45) is 5.92 Å². The van der Waals surface area contributed by atoms with Gasteiger partial charge in [-0.05, 0) is 37.8 Å². The van der Waals surface area contributed by atoms with Crippen molar-refractivity contribution in [2.75, 3.05) is 19.7 Å². The molecule has 128 valence electrons. The standard InChI is InChI=1S/C18H26N2O2.ClH/c21-17(12-16-9-4-10-19-16)20-13-15-8-5-11-22-18(15)14-6-2-1-3-7-14;/h1-3,6-7,15-16,18-19H,4-5,8-13H2,(H,20,21);1H. The zero-order valence-electron chi connectivity index (χ0n) is 13.5. The number of nitrogens with one attached hydrogen (secondary N) is 2. The van der Waals surface area contributed by atoms with Crippen molar-refractivity contribution in [3.05, 3.63) is 35.9 Å². The molecular weight excluding hydrogens is 312 g/mol. The molecule has 2 heterocycles. The van der Waals surface area contributed by atoms with Gasteiger partial charge in [-0.25, -0.2) is 0 Å². The predicted molar refractivity (Wildman–Crippen MR) is 93.8 cm³/mol. The van der Waals surface area contributed by atoms with E-state index in [-0.39, 0.29) is 24.4 Å². The lowest BCUT2D eigenvalue weighted by Crippen LogP contribution is -2.37. The number of hydrogen-bond acceptors (Lipinski definition) is 3. The third kappa shape index (κ3) is 5.20. The van der Waals surface area contributed by atoms with Crippen LogP contribution in [0.3, 0.4) is 0 Å². The van der Waals surface area contributed by atoms with Gasteiger partial charge < -0.3 is 15.4 Å². The largest absolute Gasteiger partial charge is 0.373 e. The van der Waals surface area contributed by atoms with Gasteiger partial charge in [-0.2, -0.15) is 0 Å². The normalized spacial score (nSPS) is 27.2. The Morgan fingerprint density at radius 2 is 2.04 bits per heavy atom. The molecule has 5 heteroatoms. The van der Waals surface area contributed by atoms with Crippen LogP contribution in [0.4, 0.5) is 0 Å². The molecule has 0 saturated carbocycles. The topological polar surface area (TPSA) is 50.4 Å². The SMILES string of the molecule is Cl.O=C(CC1CCCN1)NCC1CCCOC1c1ccccc1. The molecule has 4 nitrogen and oxygen atoms in total. The highest BCUT2D eigenvalue weighted by Gasteiger charge is 2.28. The quantitative estimate of drug-likeness (QED) is 0.868. The zero-order valence-corrected chi connectivity index (χ0v) is 14.3. The summed E-state index contributed by atoms with van der Waals surface area (Å²) >= 11 is 0. The van der Waals surface area contributed by atoms with E-state index >= 15 is 0 Å². The van der Waals surface area contributed by atoms with Crippen LogP contribution in [0.5, 0.6) is 0 Å². The average molecular weight is 339 g/mol. The third-order valence-electron chi connectivity index (χ3n) is 4.73. The van der Waals surface area contributed by atoms with Crippen LogP contribution in [0.1, 0.15) is 43.8 Å². The minimum atomic E-state index is 0. The molecule has 0 aliphatic carbocycles. The second kappa shape index (κ2) is 9.26. The van der Waals surface area contributed by atoms with Crippen LogP contribution < -0.4 is 10.6 Å². The molecular formula is C18H27ClN2O2. The van der Waals surface area contributed by atoms with Gasteiger partial charge in [0, 0.05) is 31.5 Å². The van der Waals surface area contributed by atoms with E-state index in [4.69, 9.17) is 4.74 Å². The summed E-state index contributed by atoms with van der Waals surface area (Å²) in [5.74, 6) is 0.536. The lowest BCUT2D eigenvalue weighted by atomic mass is 9.89. The minimum absolute atomic E-state index is 0. The fourth-order valence-electron chi connectivity index (χ4n) is 3.54. The molecule has 2 saturated heterocycles. The van der Waals surface area contributed by atoms with E-state index in [0.717, 1.165) is 32.4 Å². The number of carbonyl (C=O) groups is 1. The minimum Gasteiger partial charge on any atom is -0.373 e. The molecule has 3 atom stereocenters. The number of amides is 1. The van der Waals surface area contributed by atoms with Crippen LogP contribution in [-0.2, 0) is 9.53 Å². The molecule has 2 fully saturated rings. The van der Waals surface area contributed by atoms with Gasteiger partial charge in [-0.15, -0.1) is 12.4 Å². The first kappa shape index (κ1) is 18.2. The maximum atomic E-state index is 12.1. The van der Waals surface area contributed by atoms with Crippen LogP contribution in [0.15, 0.2) is 30.3 Å². The number of ether oxygens (including phenoxy) is 1. The highest BCUT2D eigenvalue weighted by molar-refractivity contribution is 5.85. The van der Waals surface area contributed by atoms with Gasteiger partial charge in [0.2, 0.25) is 5.91 Å². The molecule has 3 rings (SSSR count). The molecule has 2 aliphatic rings. The number of hydrogen-bond donors (Lipinski definition) is 2. The van der Waals surface area contributed by atoms with Crippen molar-refractivity contribution < 1.29 is 9.53 Å². The second-order valence-corrected chi connectivity index (χ2v) is 6.41. The van der Waals surface area contributed by atoms with Crippen molar-refractivity contribution in [1.82, 2.24) is 10.6 Å². The fourth-order valence-corrected chi connectivity index (χ4v) is 3.54. The first-order chi connectivity index (χ1) is 10.8. The average Bonchev–Trinajstić information content (AvgIpc) is 3.07. The van der Waals surface area contributed by atoms with Gasteiger partial charge in [0.1, 0.15) is 0 Å². The molecule has 1 aromatic carbocycles. The summed E-state index contributed by atoms with van der Waals surface area (Å²) in [6.07, 6.45) is 5.20. The number of halogens is 1. The fraction of sp³-hybridized carbons (Fsp3) is 0.611. The van der Waals surface area contributed by atoms with Crippen molar-refractivity contribution >= 4 is 18.3 Å². The van der Waals surface area contributed by atoms with Gasteiger partial charge >= 0.3 is 0 Å². The highest BCUT2D eigenvalue weighted by atomic mass is 35.5. The lowest BCUT2D eigenvalue weighted by Gasteiger charge is -2.32. The van der Waals surface area contributed by atoms with Gasteiger partial charge in [0.15, 0.2) is 0 Å². The van der Waals surface area contributed by atoms with E-state index in [9.17, 15) is 4.79 Å². The van der Waals surface area contributed by atoms with Crippen LogP contribution in [0.25, 0.3) is 0 Å². The summed E-state index contributed by atoms with van der Waals surface area (Å²) in [5.41, 5.74) is 1.22. The second-order valence-electron chi connectivity index (χ2n) is 6.41. The number of rotatable bonds is 5. The van der Waals surface area contributed by atoms with Crippen LogP contribution in [0.2, 0.25) is 0 Å². The van der Waals surface area contributed by atoms with E-state index in [1.165, 1.54) is 12.0 Å². The van der Waals surface area contributed by atoms with Crippen LogP contribution in [0, 0.1) is 5.92 Å². The van der Waals surface area contributed by atoms with Gasteiger partial charge in [0.05, 0.1) is 6.10 Å². The highest BCUT2D eigenvalue weighted by Crippen LogP contribution is 2.33. The molecule has 2 aliphatic heterocycles. The molecule has 2 N–H and O–H groups in total. The molecule has 3 unspecified atom stereocenters. The number of carbonyl (C=O) groups excluding carboxylic acids is 1. The van der Waals surface area contributed by atoms with E-state index in [1.807, 2.05) is 6.07 Å². The van der Waals surface area contributed by atoms with E-state index in [2.05, 4.69) is 34.9 Å². The van der Waals surface area contributed by atoms with Crippen molar-refractivity contribution in [1.29, 1.82) is 0 Å². The Labute approximate surface area is 144 Å². The Morgan fingerprint density at radius 3 is 2.78 bits per heavy atom. The molecule has 23 heavy (non-hydrogen) atoms. The Kier molecular flexibility index (Phi) is 7.34. The summed E-state index contributed by atoms with van der Waals surface area (Å²) < 4.78 is 5.98. The van der Waals surface area contributed by atoms with Crippen LogP contribution >= 0.6 is 12.4 Å². The third-order valence-corrected chi connectivity index (χ3v) is 4.73. The van der Waals surface area contributed by atoms with Gasteiger partial charge in [0.25, 0.3) is 0 Å². The first-order valence-electron chi connectivity index (χ1n) is 8.49. The molecule has 1 aromatic rings. The molecule has 0 spiro atoms. The summed E-state index contributed by atoms with van der Waals surface area (Å²) in [5, 5.41) is 6.49. The Hall–Kier alpha value is -1.10. The maximum absolute atomic E-state index is 12.1. The monoisotopic (exact) mass is 338 g/mol. The smallest absolute Gasteiger partial charge is 0.221 e. The first-order valence-corrected chi connectivity index (χ1v) is 8.49. The predicted octanol–water partition coefficient (Wildman–Crippen LogP) is 2.83. The molecule has 0 radical (unpaired) electrons. The van der Waals surface area contributed by atoms with E-state index < -0.39 is 0 Å². The summed E-state index contributed by atoms with van der Waals surface area (Å²) in [4.78, 5) is 12.1. The Morgan fingerprint density at radius 1 is 1.22 bits per heavy atom. The van der Waals surface area contributed by atoms with Crippen molar-refractivity contribution in [2.45, 2.75) is 44.2 Å². The molecule has 1 amide bonds.